The highest BCUT2D eigenvalue weighted by molar-refractivity contribution is 5.66. The molecule has 0 aliphatic carbocycles. The predicted molar refractivity (Wildman–Crippen MR) is 58.9 cm³/mol. The van der Waals surface area contributed by atoms with E-state index < -0.39 is 6.10 Å². The molecule has 1 rings (SSSR count). The van der Waals surface area contributed by atoms with Crippen LogP contribution in [-0.2, 0) is 9.53 Å². The van der Waals surface area contributed by atoms with Gasteiger partial charge in [0.2, 0.25) is 0 Å². The molecule has 0 radical (unpaired) electrons. The summed E-state index contributed by atoms with van der Waals surface area (Å²) in [6, 6.07) is 9.38. The number of carbonyl (C=O) groups is 1. The van der Waals surface area contributed by atoms with E-state index in [4.69, 9.17) is 4.74 Å². The Labute approximate surface area is 89.6 Å². The lowest BCUT2D eigenvalue weighted by atomic mass is 10.1. The molecule has 1 unspecified atom stereocenters. The zero-order valence-electron chi connectivity index (χ0n) is 8.57. The fourth-order valence-electron chi connectivity index (χ4n) is 1.11. The molecule has 1 aromatic carbocycles. The Balaban J connectivity index is 2.90. The maximum absolute atomic E-state index is 10.9. The predicted octanol–water partition coefficient (Wildman–Crippen LogP) is 2.48. The summed E-state index contributed by atoms with van der Waals surface area (Å²) < 4.78 is 5.08. The van der Waals surface area contributed by atoms with Gasteiger partial charge in [0, 0.05) is 12.5 Å². The number of benzene rings is 1. The van der Waals surface area contributed by atoms with Crippen LogP contribution in [0, 0.1) is 11.8 Å². The molecule has 0 bridgehead atoms. The van der Waals surface area contributed by atoms with Crippen LogP contribution < -0.4 is 0 Å². The Hall–Kier alpha value is -2.01. The van der Waals surface area contributed by atoms with Crippen LogP contribution in [0.5, 0.6) is 0 Å². The zero-order valence-corrected chi connectivity index (χ0v) is 8.57. The lowest BCUT2D eigenvalue weighted by molar-refractivity contribution is -0.144. The Morgan fingerprint density at radius 2 is 2.13 bits per heavy atom. The monoisotopic (exact) mass is 200 g/mol. The van der Waals surface area contributed by atoms with Crippen LogP contribution in [0.25, 0.3) is 0 Å². The van der Waals surface area contributed by atoms with Crippen LogP contribution in [-0.4, -0.2) is 5.97 Å². The molecule has 0 amide bonds. The minimum atomic E-state index is -0.512. The molecule has 0 N–H and O–H groups in total. The maximum atomic E-state index is 10.9. The van der Waals surface area contributed by atoms with E-state index in [-0.39, 0.29) is 5.97 Å². The molecule has 0 aromatic heterocycles. The first-order chi connectivity index (χ1) is 7.24. The van der Waals surface area contributed by atoms with Crippen LogP contribution in [0.4, 0.5) is 0 Å². The summed E-state index contributed by atoms with van der Waals surface area (Å²) in [5.74, 6) is 5.15. The Bertz CT molecular complexity index is 396. The van der Waals surface area contributed by atoms with E-state index >= 15 is 0 Å². The van der Waals surface area contributed by atoms with Gasteiger partial charge in [-0.15, -0.1) is 0 Å². The quantitative estimate of drug-likeness (QED) is 0.541. The minimum absolute atomic E-state index is 0.345. The molecule has 0 saturated heterocycles. The molecule has 0 heterocycles. The second kappa shape index (κ2) is 5.66. The van der Waals surface area contributed by atoms with Gasteiger partial charge in [-0.3, -0.25) is 4.79 Å². The van der Waals surface area contributed by atoms with Crippen LogP contribution in [0.3, 0.4) is 0 Å². The van der Waals surface area contributed by atoms with E-state index in [1.807, 2.05) is 30.3 Å². The lowest BCUT2D eigenvalue weighted by Gasteiger charge is -2.10. The van der Waals surface area contributed by atoms with E-state index in [0.29, 0.717) is 0 Å². The van der Waals surface area contributed by atoms with E-state index in [9.17, 15) is 4.79 Å². The minimum Gasteiger partial charge on any atom is -0.444 e. The van der Waals surface area contributed by atoms with Crippen molar-refractivity contribution in [3.05, 3.63) is 48.6 Å². The summed E-state index contributed by atoms with van der Waals surface area (Å²) in [6.45, 7) is 4.86. The van der Waals surface area contributed by atoms with Crippen molar-refractivity contribution in [3.63, 3.8) is 0 Å². The molecule has 2 heteroatoms. The van der Waals surface area contributed by atoms with E-state index in [1.165, 1.54) is 13.0 Å². The molecule has 0 spiro atoms. The molecule has 0 saturated carbocycles. The molecule has 1 atom stereocenters. The summed E-state index contributed by atoms with van der Waals surface area (Å²) in [7, 11) is 0. The first-order valence-electron chi connectivity index (χ1n) is 4.58. The number of allylic oxidation sites excluding steroid dienone is 1. The van der Waals surface area contributed by atoms with E-state index in [0.717, 1.165) is 5.56 Å². The molecule has 15 heavy (non-hydrogen) atoms. The highest BCUT2D eigenvalue weighted by atomic mass is 16.5. The van der Waals surface area contributed by atoms with Crippen molar-refractivity contribution in [2.24, 2.45) is 0 Å². The van der Waals surface area contributed by atoms with Gasteiger partial charge in [0.1, 0.15) is 0 Å². The summed E-state index contributed by atoms with van der Waals surface area (Å²) in [5, 5.41) is 0. The summed E-state index contributed by atoms with van der Waals surface area (Å²) in [5.41, 5.74) is 0.863. The summed E-state index contributed by atoms with van der Waals surface area (Å²) in [4.78, 5) is 10.9. The summed E-state index contributed by atoms with van der Waals surface area (Å²) >= 11 is 0. The Morgan fingerprint density at radius 3 is 2.67 bits per heavy atom. The first-order valence-corrected chi connectivity index (χ1v) is 4.58. The van der Waals surface area contributed by atoms with E-state index in [1.54, 1.807) is 0 Å². The van der Waals surface area contributed by atoms with Crippen molar-refractivity contribution in [1.29, 1.82) is 0 Å². The molecule has 0 fully saturated rings. The average molecular weight is 200 g/mol. The van der Waals surface area contributed by atoms with Gasteiger partial charge >= 0.3 is 5.97 Å². The highest BCUT2D eigenvalue weighted by Gasteiger charge is 2.10. The SMILES string of the molecule is C=CC#CC(OC(C)=O)c1ccccc1. The van der Waals surface area contributed by atoms with Crippen LogP contribution in [0.15, 0.2) is 43.0 Å². The highest BCUT2D eigenvalue weighted by Crippen LogP contribution is 2.15. The van der Waals surface area contributed by atoms with Gasteiger partial charge in [0.25, 0.3) is 0 Å². The number of hydrogen-bond acceptors (Lipinski definition) is 2. The third-order valence-corrected chi connectivity index (χ3v) is 1.70. The largest absolute Gasteiger partial charge is 0.444 e. The third kappa shape index (κ3) is 3.70. The van der Waals surface area contributed by atoms with Crippen molar-refractivity contribution in [2.45, 2.75) is 13.0 Å². The van der Waals surface area contributed by atoms with Gasteiger partial charge in [-0.2, -0.15) is 0 Å². The Morgan fingerprint density at radius 1 is 1.47 bits per heavy atom. The number of carbonyl (C=O) groups excluding carboxylic acids is 1. The van der Waals surface area contributed by atoms with Gasteiger partial charge < -0.3 is 4.74 Å². The second-order valence-corrected chi connectivity index (χ2v) is 2.89. The zero-order chi connectivity index (χ0) is 11.1. The standard InChI is InChI=1S/C13H12O2/c1-3-4-10-13(15-11(2)14)12-8-6-5-7-9-12/h3,5-9,13H,1H2,2H3. The van der Waals surface area contributed by atoms with Crippen molar-refractivity contribution in [3.8, 4) is 11.8 Å². The smallest absolute Gasteiger partial charge is 0.304 e. The third-order valence-electron chi connectivity index (χ3n) is 1.70. The Kier molecular flexibility index (Phi) is 4.18. The number of esters is 1. The van der Waals surface area contributed by atoms with Gasteiger partial charge in [-0.25, -0.2) is 0 Å². The first kappa shape index (κ1) is 11.1. The van der Waals surface area contributed by atoms with Crippen LogP contribution >= 0.6 is 0 Å². The van der Waals surface area contributed by atoms with Crippen molar-refractivity contribution >= 4 is 5.97 Å². The molecule has 1 aromatic rings. The van der Waals surface area contributed by atoms with Gasteiger partial charge in [-0.1, -0.05) is 42.8 Å². The topological polar surface area (TPSA) is 26.3 Å². The molecular formula is C13H12O2. The van der Waals surface area contributed by atoms with Gasteiger partial charge in [0.05, 0.1) is 0 Å². The molecule has 0 aliphatic rings. The number of rotatable bonds is 2. The molecular weight excluding hydrogens is 188 g/mol. The number of ether oxygens (including phenoxy) is 1. The fourth-order valence-corrected chi connectivity index (χ4v) is 1.11. The summed E-state index contributed by atoms with van der Waals surface area (Å²) in [6.07, 6.45) is 0.959. The van der Waals surface area contributed by atoms with E-state index in [2.05, 4.69) is 18.4 Å². The van der Waals surface area contributed by atoms with Crippen molar-refractivity contribution < 1.29 is 9.53 Å². The number of hydrogen-bond donors (Lipinski definition) is 0. The van der Waals surface area contributed by atoms with Crippen LogP contribution in [0.2, 0.25) is 0 Å². The fraction of sp³-hybridized carbons (Fsp3) is 0.154. The van der Waals surface area contributed by atoms with Crippen molar-refractivity contribution in [1.82, 2.24) is 0 Å². The molecule has 76 valence electrons. The normalized spacial score (nSPS) is 10.7. The van der Waals surface area contributed by atoms with Gasteiger partial charge in [-0.05, 0) is 12.0 Å². The maximum Gasteiger partial charge on any atom is 0.304 e. The molecule has 2 nitrogen and oxygen atoms in total. The second-order valence-electron chi connectivity index (χ2n) is 2.89. The van der Waals surface area contributed by atoms with Gasteiger partial charge in [0.15, 0.2) is 6.10 Å². The molecule has 0 aliphatic heterocycles. The van der Waals surface area contributed by atoms with Crippen molar-refractivity contribution in [2.75, 3.05) is 0 Å². The average Bonchev–Trinajstić information content (AvgIpc) is 2.25. The van der Waals surface area contributed by atoms with Crippen LogP contribution in [0.1, 0.15) is 18.6 Å². The lowest BCUT2D eigenvalue weighted by Crippen LogP contribution is -2.06.